The summed E-state index contributed by atoms with van der Waals surface area (Å²) in [7, 11) is 0.840. The number of aryl methyl sites for hydroxylation is 2. The summed E-state index contributed by atoms with van der Waals surface area (Å²) in [6.07, 6.45) is 9.37. The van der Waals surface area contributed by atoms with Crippen molar-refractivity contribution >= 4 is 88.3 Å². The first-order valence-corrected chi connectivity index (χ1v) is 29.9. The second kappa shape index (κ2) is 36.7. The average Bonchev–Trinajstić information content (AvgIpc) is 0.812. The second-order valence-corrected chi connectivity index (χ2v) is 21.0. The fourth-order valence-corrected chi connectivity index (χ4v) is 9.86. The number of rotatable bonds is 21. The van der Waals surface area contributed by atoms with Crippen LogP contribution in [0.15, 0.2) is 110 Å². The van der Waals surface area contributed by atoms with Crippen LogP contribution in [0.3, 0.4) is 0 Å². The van der Waals surface area contributed by atoms with Crippen LogP contribution >= 0.6 is 11.6 Å². The van der Waals surface area contributed by atoms with Crippen LogP contribution in [0.4, 0.5) is 26.1 Å². The van der Waals surface area contributed by atoms with Crippen LogP contribution in [0.1, 0.15) is 31.8 Å². The number of fused-ring (bicyclic) bond motifs is 3. The number of aldehydes is 3. The number of anilines is 3. The number of nitrogens with zero attached hydrogens (tertiary/aromatic N) is 12. The van der Waals surface area contributed by atoms with Crippen LogP contribution in [0.2, 0.25) is 11.3 Å². The van der Waals surface area contributed by atoms with Crippen molar-refractivity contribution in [3.8, 4) is 51.4 Å². The zero-order valence-electron chi connectivity index (χ0n) is 52.4. The van der Waals surface area contributed by atoms with Gasteiger partial charge in [0, 0.05) is 108 Å². The minimum absolute atomic E-state index is 0. The van der Waals surface area contributed by atoms with Crippen molar-refractivity contribution in [3.05, 3.63) is 126 Å². The average molecular weight is 1310 g/mol. The quantitative estimate of drug-likeness (QED) is 0.0470. The number of morpholine rings is 3. The van der Waals surface area contributed by atoms with E-state index in [1.54, 1.807) is 51.0 Å². The van der Waals surface area contributed by atoms with Gasteiger partial charge in [-0.2, -0.15) is 0 Å². The molecule has 0 bridgehead atoms. The Morgan fingerprint density at radius 1 is 0.533 bits per heavy atom. The molecule has 0 aliphatic carbocycles. The van der Waals surface area contributed by atoms with Gasteiger partial charge in [-0.1, -0.05) is 48.0 Å². The van der Waals surface area contributed by atoms with Crippen LogP contribution in [-0.2, 0) is 50.9 Å². The Morgan fingerprint density at radius 2 is 0.913 bits per heavy atom. The molecule has 9 heterocycles. The monoisotopic (exact) mass is 1300 g/mol. The molecule has 23 nitrogen and oxygen atoms in total. The standard InChI is InChI=1S/C22H24N4O4.C20H20N4O3.C19H19ClN4O3.C3H5BF2O.K.H/c1-28-15-30-18-6-2-5-17(13-18)21-24-19-12-16(4-3-9-27)14-23-20(19)22(25-21)26-7-10-29-11-8-26;25-8-2-3-14-11-17-18(21-13-14)20(24-6-9-27-10-7-24)23-19(22-17)15-4-1-5-16(26)12-15;1-25-12-27-15-4-2-3-13(9-15)18-22-16-10-14(20)11-21-17(16)19(23-18)24-5-7-26-8-6-24;5-4(6)2-1-3-7;;/h2,5-6,9,12-14H,3-4,7-8,10-11,15H2,1H3;1,4-5,8,11-13,26H,2-3,6-7,9-10H2;2-4,9-11H,5-8,12H2,1H3;3H,1-2H2;;/q;;;;+1;-1. The van der Waals surface area contributed by atoms with Crippen LogP contribution in [0, 0.1) is 0 Å². The van der Waals surface area contributed by atoms with E-state index >= 15 is 0 Å². The number of phenols is 1. The van der Waals surface area contributed by atoms with E-state index in [4.69, 9.17) is 64.7 Å². The number of aromatic hydroxyl groups is 1. The number of pyridine rings is 3. The molecule has 0 amide bonds. The van der Waals surface area contributed by atoms with E-state index in [2.05, 4.69) is 39.6 Å². The van der Waals surface area contributed by atoms with Gasteiger partial charge in [0.15, 0.2) is 48.5 Å². The zero-order valence-corrected chi connectivity index (χ0v) is 55.3. The molecule has 9 aromatic rings. The van der Waals surface area contributed by atoms with Gasteiger partial charge < -0.3 is 68.8 Å². The summed E-state index contributed by atoms with van der Waals surface area (Å²) in [5.41, 5.74) is 8.78. The molecule has 6 aromatic heterocycles. The molecule has 3 fully saturated rings. The third-order valence-electron chi connectivity index (χ3n) is 14.1. The zero-order chi connectivity index (χ0) is 63.7. The predicted molar refractivity (Wildman–Crippen MR) is 342 cm³/mol. The van der Waals surface area contributed by atoms with E-state index in [9.17, 15) is 28.1 Å². The van der Waals surface area contributed by atoms with Crippen molar-refractivity contribution in [2.75, 3.05) is 121 Å². The van der Waals surface area contributed by atoms with Gasteiger partial charge in [-0.25, -0.2) is 34.9 Å². The van der Waals surface area contributed by atoms with E-state index in [-0.39, 0.29) is 84.9 Å². The van der Waals surface area contributed by atoms with Gasteiger partial charge in [0.1, 0.15) is 52.7 Å². The van der Waals surface area contributed by atoms with Crippen LogP contribution in [0.25, 0.3) is 67.3 Å². The number of methoxy groups -OCH3 is 2. The summed E-state index contributed by atoms with van der Waals surface area (Å²) in [5, 5.41) is 10.4. The molecule has 0 spiro atoms. The Kier molecular flexibility index (Phi) is 28.1. The molecule has 92 heavy (non-hydrogen) atoms. The molecular formula is C64H69BClF2KN12O11. The topological polar surface area (TPSA) is 262 Å². The van der Waals surface area contributed by atoms with Crippen molar-refractivity contribution in [1.82, 2.24) is 44.9 Å². The molecule has 28 heteroatoms. The van der Waals surface area contributed by atoms with Gasteiger partial charge in [-0.05, 0) is 84.9 Å². The molecule has 0 atom stereocenters. The van der Waals surface area contributed by atoms with E-state index in [1.807, 2.05) is 72.8 Å². The molecule has 3 aliphatic heterocycles. The molecule has 0 saturated carbocycles. The number of carbonyl (C=O) groups is 3. The summed E-state index contributed by atoms with van der Waals surface area (Å²) >= 11 is 6.15. The fourth-order valence-electron chi connectivity index (χ4n) is 9.71. The maximum Gasteiger partial charge on any atom is 1.00 e. The molecule has 3 saturated heterocycles. The van der Waals surface area contributed by atoms with E-state index in [0.717, 1.165) is 125 Å². The number of hydrogen-bond donors (Lipinski definition) is 1. The normalized spacial score (nSPS) is 13.7. The summed E-state index contributed by atoms with van der Waals surface area (Å²) in [6.45, 7) is 8.75. The maximum atomic E-state index is 11.1. The van der Waals surface area contributed by atoms with Gasteiger partial charge in [0.25, 0.3) is 0 Å². The number of ether oxygens (including phenoxy) is 7. The van der Waals surface area contributed by atoms with Crippen molar-refractivity contribution in [3.63, 3.8) is 0 Å². The molecule has 12 rings (SSSR count). The second-order valence-electron chi connectivity index (χ2n) is 20.6. The summed E-state index contributed by atoms with van der Waals surface area (Å²) in [6, 6.07) is 27.9. The molecule has 0 radical (unpaired) electrons. The first-order chi connectivity index (χ1) is 44.5. The van der Waals surface area contributed by atoms with E-state index in [0.29, 0.717) is 111 Å². The summed E-state index contributed by atoms with van der Waals surface area (Å²) in [5.74, 6) is 5.62. The number of hydrogen-bond acceptors (Lipinski definition) is 23. The SMILES string of the molecule is COCOc1cccc(-c2nc(N3CCOCC3)c3ncc(CCC=O)cc3n2)c1.COCOc1cccc(-c2nc(N3CCOCC3)c3ncc(Cl)cc3n2)c1.O=CCCB(F)F.O=CCCc1cnc2c(N3CCOCC3)nc(-c3cccc(O)c3)nc2c1.[H-].[K+]. The number of phenolic OH excluding ortho intramolecular Hbond substituents is 1. The Hall–Kier alpha value is -7.41. The van der Waals surface area contributed by atoms with Gasteiger partial charge in [0.2, 0.25) is 0 Å². The summed E-state index contributed by atoms with van der Waals surface area (Å²) < 4.78 is 59.6. The van der Waals surface area contributed by atoms with Gasteiger partial charge in [-0.3, -0.25) is 18.6 Å². The van der Waals surface area contributed by atoms with Crippen molar-refractivity contribution in [1.29, 1.82) is 0 Å². The van der Waals surface area contributed by atoms with Crippen molar-refractivity contribution in [2.24, 2.45) is 0 Å². The Balaban J connectivity index is 0.000000186. The Morgan fingerprint density at radius 3 is 1.28 bits per heavy atom. The largest absolute Gasteiger partial charge is 1.00 e. The minimum Gasteiger partial charge on any atom is -1.00 e. The van der Waals surface area contributed by atoms with Crippen molar-refractivity contribution in [2.45, 2.75) is 38.4 Å². The maximum absolute atomic E-state index is 11.1. The molecular weight excluding hydrogens is 1240 g/mol. The van der Waals surface area contributed by atoms with Crippen LogP contribution in [-0.4, -0.2) is 183 Å². The Bertz CT molecular complexity index is 3890. The van der Waals surface area contributed by atoms with Gasteiger partial charge in [0.05, 0.1) is 61.2 Å². The number of halogens is 3. The first-order valence-electron chi connectivity index (χ1n) is 29.5. The van der Waals surface area contributed by atoms with Crippen LogP contribution in [0.5, 0.6) is 17.2 Å². The number of aromatic nitrogens is 9. The molecule has 3 aliphatic rings. The summed E-state index contributed by atoms with van der Waals surface area (Å²) in [4.78, 5) is 79.6. The van der Waals surface area contributed by atoms with Crippen molar-refractivity contribution < 1.29 is 114 Å². The molecule has 476 valence electrons. The number of benzene rings is 3. The fraction of sp³-hybridized carbons (Fsp3) is 0.344. The van der Waals surface area contributed by atoms with Gasteiger partial charge in [-0.15, -0.1) is 0 Å². The molecule has 3 aromatic carbocycles. The Labute approximate surface area is 579 Å². The van der Waals surface area contributed by atoms with Crippen LogP contribution < -0.4 is 75.6 Å². The predicted octanol–water partition coefficient (Wildman–Crippen LogP) is 6.29. The first kappa shape index (κ1) is 70.5. The van der Waals surface area contributed by atoms with E-state index in [1.165, 1.54) is 0 Å². The molecule has 0 unspecified atom stereocenters. The third-order valence-corrected chi connectivity index (χ3v) is 14.4. The smallest absolute Gasteiger partial charge is 1.00 e. The van der Waals surface area contributed by atoms with E-state index < -0.39 is 7.27 Å². The number of carbonyl (C=O) groups excluding carboxylic acids is 3. The third kappa shape index (κ3) is 20.1. The minimum atomic E-state index is -2.33. The molecule has 1 N–H and O–H groups in total. The van der Waals surface area contributed by atoms with Gasteiger partial charge >= 0.3 is 58.7 Å².